The molecular formula is C8H8NO2. The molecule has 0 unspecified atom stereocenters. The normalized spacial score (nSPS) is 9.45. The summed E-state index contributed by atoms with van der Waals surface area (Å²) in [6, 6.07) is 7.20. The summed E-state index contributed by atoms with van der Waals surface area (Å²) in [5.41, 5.74) is 5.71. The van der Waals surface area contributed by atoms with Gasteiger partial charge in [-0.25, -0.2) is 0 Å². The molecular weight excluding hydrogens is 142 g/mol. The highest BCUT2D eigenvalue weighted by molar-refractivity contribution is 5.76. The number of primary amides is 1. The van der Waals surface area contributed by atoms with E-state index in [1.165, 1.54) is 6.07 Å². The van der Waals surface area contributed by atoms with Crippen LogP contribution in [-0.2, 0) is 11.2 Å². The van der Waals surface area contributed by atoms with Crippen molar-refractivity contribution in [1.82, 2.24) is 0 Å². The molecule has 57 valence electrons. The minimum absolute atomic E-state index is 0.0678. The first kappa shape index (κ1) is 7.60. The highest BCUT2D eigenvalue weighted by Gasteiger charge is 1.97. The fraction of sp³-hybridized carbons (Fsp3) is 0.125. The highest BCUT2D eigenvalue weighted by Crippen LogP contribution is 2.08. The van der Waals surface area contributed by atoms with Crippen molar-refractivity contribution in [2.45, 2.75) is 6.42 Å². The number of benzene rings is 1. The van der Waals surface area contributed by atoms with Crippen LogP contribution >= 0.6 is 0 Å². The van der Waals surface area contributed by atoms with Crippen molar-refractivity contribution in [2.75, 3.05) is 0 Å². The number of carbonyl (C=O) groups is 1. The number of phenols is 1. The summed E-state index contributed by atoms with van der Waals surface area (Å²) in [4.78, 5) is 10.4. The van der Waals surface area contributed by atoms with E-state index in [0.29, 0.717) is 0 Å². The van der Waals surface area contributed by atoms with Crippen molar-refractivity contribution in [3.8, 4) is 5.75 Å². The average Bonchev–Trinajstić information content (AvgIpc) is 1.93. The third-order valence-electron chi connectivity index (χ3n) is 1.24. The molecule has 11 heavy (non-hydrogen) atoms. The monoisotopic (exact) mass is 150 g/mol. The fourth-order valence-corrected chi connectivity index (χ4v) is 0.760. The van der Waals surface area contributed by atoms with Gasteiger partial charge in [0.25, 0.3) is 0 Å². The van der Waals surface area contributed by atoms with Gasteiger partial charge in [-0.05, 0) is 17.7 Å². The van der Waals surface area contributed by atoms with Gasteiger partial charge in [-0.2, -0.15) is 0 Å². The van der Waals surface area contributed by atoms with Gasteiger partial charge in [0, 0.05) is 6.07 Å². The van der Waals surface area contributed by atoms with Crippen LogP contribution in [0.1, 0.15) is 5.56 Å². The Kier molecular flexibility index (Phi) is 2.11. The summed E-state index contributed by atoms with van der Waals surface area (Å²) in [6.45, 7) is 0. The molecule has 1 aromatic rings. The molecule has 3 heteroatoms. The lowest BCUT2D eigenvalue weighted by atomic mass is 10.1. The van der Waals surface area contributed by atoms with Gasteiger partial charge < -0.3 is 10.8 Å². The second-order valence-corrected chi connectivity index (χ2v) is 2.23. The van der Waals surface area contributed by atoms with E-state index in [0.717, 1.165) is 5.56 Å². The van der Waals surface area contributed by atoms with Crippen molar-refractivity contribution in [2.24, 2.45) is 5.73 Å². The standard InChI is InChI=1S/C8H8NO2/c9-8(11)5-6-1-3-7(10)4-2-6/h1-3,10H,5H2,(H2,9,11). The summed E-state index contributed by atoms with van der Waals surface area (Å²) >= 11 is 0. The number of hydrogen-bond acceptors (Lipinski definition) is 2. The van der Waals surface area contributed by atoms with Crippen LogP contribution in [0.5, 0.6) is 5.75 Å². The van der Waals surface area contributed by atoms with Crippen LogP contribution < -0.4 is 5.73 Å². The second-order valence-electron chi connectivity index (χ2n) is 2.23. The molecule has 0 bridgehead atoms. The Labute approximate surface area is 64.5 Å². The molecule has 1 amide bonds. The molecule has 0 saturated heterocycles. The third kappa shape index (κ3) is 2.29. The lowest BCUT2D eigenvalue weighted by molar-refractivity contribution is -0.117. The van der Waals surface area contributed by atoms with Crippen LogP contribution in [0.3, 0.4) is 0 Å². The molecule has 0 spiro atoms. The molecule has 0 heterocycles. The Bertz CT molecular complexity index is 253. The van der Waals surface area contributed by atoms with Crippen LogP contribution in [0, 0.1) is 6.07 Å². The second kappa shape index (κ2) is 3.05. The van der Waals surface area contributed by atoms with Crippen molar-refractivity contribution in [3.63, 3.8) is 0 Å². The Morgan fingerprint density at radius 2 is 2.36 bits per heavy atom. The predicted molar refractivity (Wildman–Crippen MR) is 39.8 cm³/mol. The molecule has 1 radical (unpaired) electrons. The molecule has 3 N–H and O–H groups in total. The number of rotatable bonds is 2. The van der Waals surface area contributed by atoms with E-state index in [-0.39, 0.29) is 18.1 Å². The predicted octanol–water partition coefficient (Wildman–Crippen LogP) is 0.220. The van der Waals surface area contributed by atoms with E-state index < -0.39 is 0 Å². The van der Waals surface area contributed by atoms with Crippen molar-refractivity contribution >= 4 is 5.91 Å². The topological polar surface area (TPSA) is 63.3 Å². The van der Waals surface area contributed by atoms with E-state index in [9.17, 15) is 4.79 Å². The zero-order valence-corrected chi connectivity index (χ0v) is 5.87. The lowest BCUT2D eigenvalue weighted by Gasteiger charge is -1.95. The van der Waals surface area contributed by atoms with E-state index in [4.69, 9.17) is 10.8 Å². The molecule has 1 rings (SSSR count). The van der Waals surface area contributed by atoms with E-state index in [1.54, 1.807) is 12.1 Å². The maximum absolute atomic E-state index is 10.4. The largest absolute Gasteiger partial charge is 0.507 e. The first-order valence-corrected chi connectivity index (χ1v) is 3.16. The molecule has 0 aliphatic heterocycles. The maximum Gasteiger partial charge on any atom is 0.221 e. The third-order valence-corrected chi connectivity index (χ3v) is 1.24. The average molecular weight is 150 g/mol. The van der Waals surface area contributed by atoms with Gasteiger partial charge in [-0.15, -0.1) is 0 Å². The quantitative estimate of drug-likeness (QED) is 0.633. The summed E-state index contributed by atoms with van der Waals surface area (Å²) in [6.07, 6.45) is 0.191. The molecule has 3 nitrogen and oxygen atoms in total. The summed E-state index contributed by atoms with van der Waals surface area (Å²) in [5.74, 6) is -0.317. The summed E-state index contributed by atoms with van der Waals surface area (Å²) in [5, 5.41) is 8.82. The lowest BCUT2D eigenvalue weighted by Crippen LogP contribution is -2.13. The van der Waals surface area contributed by atoms with Gasteiger partial charge >= 0.3 is 0 Å². The molecule has 0 fully saturated rings. The van der Waals surface area contributed by atoms with Gasteiger partial charge in [0.2, 0.25) is 5.91 Å². The van der Waals surface area contributed by atoms with E-state index >= 15 is 0 Å². The molecule has 0 saturated carbocycles. The van der Waals surface area contributed by atoms with Gasteiger partial charge in [0.1, 0.15) is 5.75 Å². The number of aromatic hydroxyl groups is 1. The van der Waals surface area contributed by atoms with Crippen LogP contribution in [-0.4, -0.2) is 11.0 Å². The van der Waals surface area contributed by atoms with Crippen molar-refractivity contribution < 1.29 is 9.90 Å². The highest BCUT2D eigenvalue weighted by atomic mass is 16.3. The van der Waals surface area contributed by atoms with Gasteiger partial charge in [0.05, 0.1) is 6.42 Å². The molecule has 0 aromatic heterocycles. The van der Waals surface area contributed by atoms with Crippen LogP contribution in [0.25, 0.3) is 0 Å². The molecule has 1 aromatic carbocycles. The SMILES string of the molecule is NC(=O)Cc1c[c]c(O)cc1. The molecule has 0 aliphatic rings. The minimum atomic E-state index is -0.385. The Hall–Kier alpha value is -1.51. The zero-order valence-electron chi connectivity index (χ0n) is 5.87. The first-order valence-electron chi connectivity index (χ1n) is 3.16. The van der Waals surface area contributed by atoms with Crippen molar-refractivity contribution in [3.05, 3.63) is 29.8 Å². The number of carbonyl (C=O) groups excluding carboxylic acids is 1. The first-order chi connectivity index (χ1) is 5.18. The Morgan fingerprint density at radius 1 is 1.64 bits per heavy atom. The Balaban J connectivity index is 2.74. The van der Waals surface area contributed by atoms with Crippen molar-refractivity contribution in [1.29, 1.82) is 0 Å². The smallest absolute Gasteiger partial charge is 0.221 e. The minimum Gasteiger partial charge on any atom is -0.507 e. The van der Waals surface area contributed by atoms with Gasteiger partial charge in [0.15, 0.2) is 0 Å². The van der Waals surface area contributed by atoms with Gasteiger partial charge in [-0.1, -0.05) is 6.07 Å². The summed E-state index contributed by atoms with van der Waals surface area (Å²) < 4.78 is 0. The number of hydrogen-bond donors (Lipinski definition) is 2. The summed E-state index contributed by atoms with van der Waals surface area (Å²) in [7, 11) is 0. The van der Waals surface area contributed by atoms with E-state index in [1.807, 2.05) is 0 Å². The van der Waals surface area contributed by atoms with Crippen LogP contribution in [0.2, 0.25) is 0 Å². The Morgan fingerprint density at radius 3 is 2.82 bits per heavy atom. The van der Waals surface area contributed by atoms with Gasteiger partial charge in [-0.3, -0.25) is 4.79 Å². The fourth-order valence-electron chi connectivity index (χ4n) is 0.760. The number of nitrogens with two attached hydrogens (primary N) is 1. The molecule has 0 aliphatic carbocycles. The van der Waals surface area contributed by atoms with Crippen LogP contribution in [0.4, 0.5) is 0 Å². The number of phenolic OH excluding ortho intramolecular Hbond substituents is 1. The van der Waals surface area contributed by atoms with Crippen LogP contribution in [0.15, 0.2) is 18.2 Å². The molecule has 0 atom stereocenters. The zero-order chi connectivity index (χ0) is 8.27. The maximum atomic E-state index is 10.4. The number of amides is 1. The van der Waals surface area contributed by atoms with E-state index in [2.05, 4.69) is 6.07 Å².